The Morgan fingerprint density at radius 2 is 2.12 bits per heavy atom. The minimum Gasteiger partial charge on any atom is -0.299 e. The molecule has 0 bridgehead atoms. The quantitative estimate of drug-likeness (QED) is 0.583. The van der Waals surface area contributed by atoms with Crippen LogP contribution >= 0.6 is 0 Å². The molecule has 1 aliphatic carbocycles. The van der Waals surface area contributed by atoms with Crippen LogP contribution < -0.4 is 0 Å². The van der Waals surface area contributed by atoms with Crippen molar-refractivity contribution in [2.24, 2.45) is 0 Å². The van der Waals surface area contributed by atoms with Crippen molar-refractivity contribution in [3.8, 4) is 0 Å². The molecule has 0 unspecified atom stereocenters. The van der Waals surface area contributed by atoms with Crippen molar-refractivity contribution < 1.29 is 14.1 Å². The van der Waals surface area contributed by atoms with E-state index in [0.29, 0.717) is 12.8 Å². The smallest absolute Gasteiger partial charge is 0.273 e. The summed E-state index contributed by atoms with van der Waals surface area (Å²) in [6.45, 7) is 1.39. The van der Waals surface area contributed by atoms with E-state index in [1.54, 1.807) is 0 Å². The van der Waals surface area contributed by atoms with Crippen LogP contribution in [0.1, 0.15) is 25.3 Å². The number of nitrogens with zero attached hydrogens (tertiary/aromatic N) is 1. The molecule has 0 amide bonds. The predicted octanol–water partition coefficient (Wildman–Crippen LogP) is 2.35. The molecule has 4 nitrogen and oxygen atoms in total. The summed E-state index contributed by atoms with van der Waals surface area (Å²) in [6.07, 6.45) is 1.12. The van der Waals surface area contributed by atoms with E-state index in [-0.39, 0.29) is 17.0 Å². The van der Waals surface area contributed by atoms with Crippen LogP contribution in [0.2, 0.25) is 0 Å². The SMILES string of the molecule is CC(=O)C1(c2cc(F)ccc2[N+](=O)[O-])CC1. The van der Waals surface area contributed by atoms with E-state index in [1.165, 1.54) is 6.92 Å². The summed E-state index contributed by atoms with van der Waals surface area (Å²) < 4.78 is 13.1. The second kappa shape index (κ2) is 3.37. The summed E-state index contributed by atoms with van der Waals surface area (Å²) in [7, 11) is 0. The van der Waals surface area contributed by atoms with Crippen LogP contribution in [-0.2, 0) is 10.2 Å². The van der Waals surface area contributed by atoms with Crippen molar-refractivity contribution in [3.63, 3.8) is 0 Å². The second-order valence-electron chi connectivity index (χ2n) is 4.06. The Labute approximate surface area is 91.2 Å². The monoisotopic (exact) mass is 223 g/mol. The molecule has 0 atom stereocenters. The van der Waals surface area contributed by atoms with Crippen molar-refractivity contribution in [1.29, 1.82) is 0 Å². The zero-order valence-electron chi connectivity index (χ0n) is 8.70. The van der Waals surface area contributed by atoms with Gasteiger partial charge in [0.2, 0.25) is 0 Å². The van der Waals surface area contributed by atoms with E-state index < -0.39 is 16.2 Å². The van der Waals surface area contributed by atoms with Gasteiger partial charge in [0.15, 0.2) is 0 Å². The molecule has 2 rings (SSSR count). The number of hydrogen-bond acceptors (Lipinski definition) is 3. The molecule has 1 saturated carbocycles. The molecular weight excluding hydrogens is 213 g/mol. The van der Waals surface area contributed by atoms with Crippen LogP contribution in [0.15, 0.2) is 18.2 Å². The average molecular weight is 223 g/mol. The highest BCUT2D eigenvalue weighted by Gasteiger charge is 2.52. The second-order valence-corrected chi connectivity index (χ2v) is 4.06. The van der Waals surface area contributed by atoms with Gasteiger partial charge in [-0.15, -0.1) is 0 Å². The molecule has 0 saturated heterocycles. The van der Waals surface area contributed by atoms with E-state index in [9.17, 15) is 19.3 Å². The summed E-state index contributed by atoms with van der Waals surface area (Å²) in [5, 5.41) is 10.8. The van der Waals surface area contributed by atoms with Crippen molar-refractivity contribution in [2.45, 2.75) is 25.2 Å². The van der Waals surface area contributed by atoms with Crippen molar-refractivity contribution >= 4 is 11.5 Å². The van der Waals surface area contributed by atoms with Gasteiger partial charge in [-0.05, 0) is 31.9 Å². The molecule has 5 heteroatoms. The van der Waals surface area contributed by atoms with Crippen LogP contribution in [0.3, 0.4) is 0 Å². The number of ketones is 1. The molecule has 1 aromatic rings. The Morgan fingerprint density at radius 3 is 2.56 bits per heavy atom. The Kier molecular flexibility index (Phi) is 2.26. The molecule has 0 N–H and O–H groups in total. The number of rotatable bonds is 3. The maximum Gasteiger partial charge on any atom is 0.273 e. The van der Waals surface area contributed by atoms with E-state index in [0.717, 1.165) is 18.2 Å². The van der Waals surface area contributed by atoms with Crippen LogP contribution in [0.5, 0.6) is 0 Å². The number of benzene rings is 1. The maximum absolute atomic E-state index is 13.1. The molecule has 1 aromatic carbocycles. The molecule has 84 valence electrons. The summed E-state index contributed by atoms with van der Waals surface area (Å²) in [4.78, 5) is 21.7. The van der Waals surface area contributed by atoms with Gasteiger partial charge in [-0.2, -0.15) is 0 Å². The summed E-state index contributed by atoms with van der Waals surface area (Å²) >= 11 is 0. The molecule has 0 spiro atoms. The fourth-order valence-electron chi connectivity index (χ4n) is 1.99. The van der Waals surface area contributed by atoms with Crippen LogP contribution in [0, 0.1) is 15.9 Å². The highest BCUT2D eigenvalue weighted by molar-refractivity contribution is 5.92. The van der Waals surface area contributed by atoms with Gasteiger partial charge in [0.25, 0.3) is 5.69 Å². The number of carbonyl (C=O) groups is 1. The third kappa shape index (κ3) is 1.48. The van der Waals surface area contributed by atoms with E-state index in [1.807, 2.05) is 0 Å². The number of hydrogen-bond donors (Lipinski definition) is 0. The number of halogens is 1. The van der Waals surface area contributed by atoms with Gasteiger partial charge in [0.1, 0.15) is 11.6 Å². The highest BCUT2D eigenvalue weighted by Crippen LogP contribution is 2.51. The normalized spacial score (nSPS) is 16.9. The summed E-state index contributed by atoms with van der Waals surface area (Å²) in [6, 6.07) is 3.26. The van der Waals surface area contributed by atoms with Crippen molar-refractivity contribution in [3.05, 3.63) is 39.7 Å². The zero-order valence-corrected chi connectivity index (χ0v) is 8.70. The first kappa shape index (κ1) is 10.7. The van der Waals surface area contributed by atoms with Gasteiger partial charge < -0.3 is 0 Å². The number of Topliss-reactive ketones (excluding diaryl/α,β-unsaturated/α-hetero) is 1. The van der Waals surface area contributed by atoms with E-state index in [2.05, 4.69) is 0 Å². The van der Waals surface area contributed by atoms with Crippen molar-refractivity contribution in [2.75, 3.05) is 0 Å². The molecule has 1 aliphatic rings. The molecular formula is C11H10FNO3. The topological polar surface area (TPSA) is 60.2 Å². The molecule has 1 fully saturated rings. The first-order valence-corrected chi connectivity index (χ1v) is 4.93. The van der Waals surface area contributed by atoms with Crippen LogP contribution in [0.4, 0.5) is 10.1 Å². The molecule has 16 heavy (non-hydrogen) atoms. The number of nitro groups is 1. The van der Waals surface area contributed by atoms with Crippen LogP contribution in [-0.4, -0.2) is 10.7 Å². The fourth-order valence-corrected chi connectivity index (χ4v) is 1.99. The van der Waals surface area contributed by atoms with Crippen LogP contribution in [0.25, 0.3) is 0 Å². The zero-order chi connectivity index (χ0) is 11.9. The maximum atomic E-state index is 13.1. The Bertz CT molecular complexity index is 480. The molecule has 0 radical (unpaired) electrons. The summed E-state index contributed by atoms with van der Waals surface area (Å²) in [5.74, 6) is -0.686. The first-order valence-electron chi connectivity index (χ1n) is 4.93. The lowest BCUT2D eigenvalue weighted by Gasteiger charge is -2.11. The summed E-state index contributed by atoms with van der Waals surface area (Å²) in [5.41, 5.74) is -0.774. The standard InChI is InChI=1S/C11H10FNO3/c1-7(14)11(4-5-11)9-6-8(12)2-3-10(9)13(15)16/h2-3,6H,4-5H2,1H3. The Hall–Kier alpha value is -1.78. The first-order chi connectivity index (χ1) is 7.47. The van der Waals surface area contributed by atoms with Gasteiger partial charge in [-0.25, -0.2) is 4.39 Å². The lowest BCUT2D eigenvalue weighted by Crippen LogP contribution is -2.18. The van der Waals surface area contributed by atoms with Gasteiger partial charge in [-0.3, -0.25) is 14.9 Å². The lowest BCUT2D eigenvalue weighted by molar-refractivity contribution is -0.385. The number of nitro benzene ring substituents is 1. The lowest BCUT2D eigenvalue weighted by atomic mass is 9.90. The largest absolute Gasteiger partial charge is 0.299 e. The molecule has 0 aromatic heterocycles. The van der Waals surface area contributed by atoms with Gasteiger partial charge >= 0.3 is 0 Å². The fraction of sp³-hybridized carbons (Fsp3) is 0.364. The third-order valence-corrected chi connectivity index (χ3v) is 3.09. The number of carbonyl (C=O) groups excluding carboxylic acids is 1. The average Bonchev–Trinajstić information content (AvgIpc) is 2.97. The van der Waals surface area contributed by atoms with E-state index in [4.69, 9.17) is 0 Å². The minimum absolute atomic E-state index is 0.138. The highest BCUT2D eigenvalue weighted by atomic mass is 19.1. The van der Waals surface area contributed by atoms with Crippen molar-refractivity contribution in [1.82, 2.24) is 0 Å². The third-order valence-electron chi connectivity index (χ3n) is 3.09. The predicted molar refractivity (Wildman–Crippen MR) is 54.6 cm³/mol. The molecule has 0 heterocycles. The Balaban J connectivity index is 2.59. The Morgan fingerprint density at radius 1 is 1.50 bits per heavy atom. The van der Waals surface area contributed by atoms with E-state index >= 15 is 0 Å². The molecule has 0 aliphatic heterocycles. The van der Waals surface area contributed by atoms with Gasteiger partial charge in [0.05, 0.1) is 10.3 Å². The minimum atomic E-state index is -0.815. The van der Waals surface area contributed by atoms with Gasteiger partial charge in [0, 0.05) is 11.6 Å². The van der Waals surface area contributed by atoms with Gasteiger partial charge in [-0.1, -0.05) is 0 Å².